The van der Waals surface area contributed by atoms with E-state index < -0.39 is 5.54 Å². The Morgan fingerprint density at radius 1 is 1.55 bits per heavy atom. The molecule has 1 amide bonds. The van der Waals surface area contributed by atoms with Crippen LogP contribution in [0, 0.1) is 11.3 Å². The Kier molecular flexibility index (Phi) is 4.41. The molecule has 1 N–H and O–H groups in total. The first kappa shape index (κ1) is 14.5. The highest BCUT2D eigenvalue weighted by Crippen LogP contribution is 2.29. The number of ether oxygens (including phenoxy) is 1. The van der Waals surface area contributed by atoms with Crippen LogP contribution in [0.15, 0.2) is 24.3 Å². The van der Waals surface area contributed by atoms with Crippen LogP contribution in [0.5, 0.6) is 0 Å². The zero-order chi connectivity index (χ0) is 14.6. The number of carbonyl (C=O) groups excluding carboxylic acids is 1. The van der Waals surface area contributed by atoms with Crippen molar-refractivity contribution in [1.82, 2.24) is 5.32 Å². The molecule has 1 aromatic carbocycles. The minimum Gasteiger partial charge on any atom is -0.373 e. The van der Waals surface area contributed by atoms with Crippen molar-refractivity contribution in [3.8, 4) is 6.07 Å². The number of fused-ring (bicyclic) bond motifs is 1. The predicted molar refractivity (Wildman–Crippen MR) is 75.9 cm³/mol. The molecule has 0 fully saturated rings. The highest BCUT2D eigenvalue weighted by molar-refractivity contribution is 5.78. The first-order valence-electron chi connectivity index (χ1n) is 6.99. The number of nitrogens with one attached hydrogen (secondary N) is 1. The summed E-state index contributed by atoms with van der Waals surface area (Å²) in [5.41, 5.74) is 1.53. The van der Waals surface area contributed by atoms with Crippen molar-refractivity contribution in [1.29, 1.82) is 5.26 Å². The largest absolute Gasteiger partial charge is 0.373 e. The number of hydrogen-bond acceptors (Lipinski definition) is 3. The van der Waals surface area contributed by atoms with Crippen LogP contribution >= 0.6 is 0 Å². The summed E-state index contributed by atoms with van der Waals surface area (Å²) < 4.78 is 5.71. The number of rotatable bonds is 4. The summed E-state index contributed by atoms with van der Waals surface area (Å²) in [6, 6.07) is 10.2. The molecule has 4 heteroatoms. The quantitative estimate of drug-likeness (QED) is 0.916. The molecule has 2 atom stereocenters. The number of hydrogen-bond donors (Lipinski definition) is 1. The van der Waals surface area contributed by atoms with Gasteiger partial charge in [-0.05, 0) is 30.9 Å². The molecule has 20 heavy (non-hydrogen) atoms. The van der Waals surface area contributed by atoms with Crippen LogP contribution in [0.3, 0.4) is 0 Å². The Labute approximate surface area is 119 Å². The van der Waals surface area contributed by atoms with Crippen molar-refractivity contribution < 1.29 is 9.53 Å². The molecule has 1 aliphatic heterocycles. The fourth-order valence-corrected chi connectivity index (χ4v) is 2.37. The van der Waals surface area contributed by atoms with Gasteiger partial charge in [0.25, 0.3) is 0 Å². The van der Waals surface area contributed by atoms with Gasteiger partial charge >= 0.3 is 0 Å². The maximum Gasteiger partial charge on any atom is 0.224 e. The lowest BCUT2D eigenvalue weighted by atomic mass is 9.95. The van der Waals surface area contributed by atoms with Crippen molar-refractivity contribution >= 4 is 5.91 Å². The lowest BCUT2D eigenvalue weighted by Crippen LogP contribution is -2.44. The topological polar surface area (TPSA) is 62.1 Å². The van der Waals surface area contributed by atoms with Crippen LogP contribution < -0.4 is 5.32 Å². The first-order chi connectivity index (χ1) is 9.58. The van der Waals surface area contributed by atoms with E-state index in [0.29, 0.717) is 13.0 Å². The Hall–Kier alpha value is -1.86. The fourth-order valence-electron chi connectivity index (χ4n) is 2.37. The van der Waals surface area contributed by atoms with Gasteiger partial charge in [-0.1, -0.05) is 31.2 Å². The van der Waals surface area contributed by atoms with Gasteiger partial charge in [0.1, 0.15) is 5.54 Å². The second-order valence-corrected chi connectivity index (χ2v) is 5.36. The molecule has 0 spiro atoms. The average molecular weight is 272 g/mol. The van der Waals surface area contributed by atoms with Gasteiger partial charge in [0.2, 0.25) is 5.91 Å². The van der Waals surface area contributed by atoms with Crippen molar-refractivity contribution in [2.75, 3.05) is 6.61 Å². The van der Waals surface area contributed by atoms with Crippen molar-refractivity contribution in [3.63, 3.8) is 0 Å². The van der Waals surface area contributed by atoms with Crippen LogP contribution in [-0.2, 0) is 16.0 Å². The molecule has 2 rings (SSSR count). The molecule has 106 valence electrons. The molecule has 1 heterocycles. The first-order valence-corrected chi connectivity index (χ1v) is 6.99. The minimum atomic E-state index is -0.800. The third kappa shape index (κ3) is 3.17. The van der Waals surface area contributed by atoms with Crippen LogP contribution in [0.1, 0.15) is 43.9 Å². The molecule has 0 unspecified atom stereocenters. The molecule has 1 aromatic rings. The summed E-state index contributed by atoms with van der Waals surface area (Å²) in [6.07, 6.45) is 1.52. The maximum absolute atomic E-state index is 12.1. The van der Waals surface area contributed by atoms with Crippen molar-refractivity contribution in [2.24, 2.45) is 0 Å². The predicted octanol–water partition coefficient (Wildman–Crippen LogP) is 2.50. The van der Waals surface area contributed by atoms with Crippen molar-refractivity contribution in [2.45, 2.75) is 44.8 Å². The normalized spacial score (nSPS) is 20.4. The molecule has 0 saturated heterocycles. The van der Waals surface area contributed by atoms with Crippen LogP contribution in [0.4, 0.5) is 0 Å². The fraction of sp³-hybridized carbons (Fsp3) is 0.500. The number of amides is 1. The molecular formula is C16H20N2O2. The standard InChI is InChI=1S/C16H20N2O2/c1-3-16(2,11-17)18-15(19)10-14-13-7-5-4-6-12(13)8-9-20-14/h4-7,14H,3,8-10H2,1-2H3,(H,18,19)/t14-,16+/m0/s1. The monoisotopic (exact) mass is 272 g/mol. The van der Waals surface area contributed by atoms with Gasteiger partial charge in [-0.3, -0.25) is 4.79 Å². The molecule has 1 aliphatic rings. The zero-order valence-electron chi connectivity index (χ0n) is 12.0. The summed E-state index contributed by atoms with van der Waals surface area (Å²) >= 11 is 0. The highest BCUT2D eigenvalue weighted by Gasteiger charge is 2.27. The molecule has 0 bridgehead atoms. The second kappa shape index (κ2) is 6.06. The van der Waals surface area contributed by atoms with E-state index in [2.05, 4.69) is 17.5 Å². The molecule has 0 saturated carbocycles. The van der Waals surface area contributed by atoms with E-state index in [1.54, 1.807) is 6.92 Å². The number of nitriles is 1. The SMILES string of the molecule is CC[C@](C)(C#N)NC(=O)C[C@@H]1OCCc2ccccc21. The van der Waals surface area contributed by atoms with Crippen LogP contribution in [0.25, 0.3) is 0 Å². The van der Waals surface area contributed by atoms with Crippen molar-refractivity contribution in [3.05, 3.63) is 35.4 Å². The van der Waals surface area contributed by atoms with E-state index in [9.17, 15) is 4.79 Å². The zero-order valence-corrected chi connectivity index (χ0v) is 12.0. The van der Waals surface area contributed by atoms with Crippen LogP contribution in [-0.4, -0.2) is 18.1 Å². The van der Waals surface area contributed by atoms with Gasteiger partial charge < -0.3 is 10.1 Å². The molecular weight excluding hydrogens is 252 g/mol. The van der Waals surface area contributed by atoms with Gasteiger partial charge in [0.05, 0.1) is 25.2 Å². The smallest absolute Gasteiger partial charge is 0.224 e. The Balaban J connectivity index is 2.05. The van der Waals surface area contributed by atoms with Gasteiger partial charge in [0.15, 0.2) is 0 Å². The summed E-state index contributed by atoms with van der Waals surface area (Å²) in [5.74, 6) is -0.141. The molecule has 0 radical (unpaired) electrons. The van der Waals surface area contributed by atoms with E-state index in [1.807, 2.05) is 25.1 Å². The summed E-state index contributed by atoms with van der Waals surface area (Å²) in [7, 11) is 0. The lowest BCUT2D eigenvalue weighted by molar-refractivity contribution is -0.125. The Morgan fingerprint density at radius 2 is 2.30 bits per heavy atom. The second-order valence-electron chi connectivity index (χ2n) is 5.36. The lowest BCUT2D eigenvalue weighted by Gasteiger charge is -2.27. The minimum absolute atomic E-state index is 0.141. The third-order valence-electron chi connectivity index (χ3n) is 3.83. The summed E-state index contributed by atoms with van der Waals surface area (Å²) in [4.78, 5) is 12.1. The van der Waals surface area contributed by atoms with Gasteiger partial charge in [-0.25, -0.2) is 0 Å². The third-order valence-corrected chi connectivity index (χ3v) is 3.83. The molecule has 4 nitrogen and oxygen atoms in total. The van der Waals surface area contributed by atoms with E-state index in [0.717, 1.165) is 12.0 Å². The maximum atomic E-state index is 12.1. The average Bonchev–Trinajstić information content (AvgIpc) is 2.47. The van der Waals surface area contributed by atoms with E-state index in [4.69, 9.17) is 10.00 Å². The number of nitrogens with zero attached hydrogens (tertiary/aromatic N) is 1. The number of carbonyl (C=O) groups is 1. The van der Waals surface area contributed by atoms with Gasteiger partial charge in [0, 0.05) is 0 Å². The molecule has 0 aromatic heterocycles. The Morgan fingerprint density at radius 3 is 3.00 bits per heavy atom. The summed E-state index contributed by atoms with van der Waals surface area (Å²) in [6.45, 7) is 4.26. The Bertz CT molecular complexity index is 536. The highest BCUT2D eigenvalue weighted by atomic mass is 16.5. The number of benzene rings is 1. The molecule has 0 aliphatic carbocycles. The van der Waals surface area contributed by atoms with E-state index in [-0.39, 0.29) is 18.4 Å². The summed E-state index contributed by atoms with van der Waals surface area (Å²) in [5, 5.41) is 11.9. The van der Waals surface area contributed by atoms with Gasteiger partial charge in [-0.15, -0.1) is 0 Å². The van der Waals surface area contributed by atoms with E-state index >= 15 is 0 Å². The van der Waals surface area contributed by atoms with Gasteiger partial charge in [-0.2, -0.15) is 5.26 Å². The van der Waals surface area contributed by atoms with E-state index in [1.165, 1.54) is 5.56 Å². The van der Waals surface area contributed by atoms with Crippen LogP contribution in [0.2, 0.25) is 0 Å².